The van der Waals surface area contributed by atoms with E-state index in [4.69, 9.17) is 14.2 Å². The Hall–Kier alpha value is -0.690. The van der Waals surface area contributed by atoms with Crippen molar-refractivity contribution < 1.29 is 28.8 Å². The van der Waals surface area contributed by atoms with E-state index < -0.39 is 30.4 Å². The molecule has 2 aliphatic heterocycles. The van der Waals surface area contributed by atoms with Crippen LogP contribution >= 0.6 is 0 Å². The van der Waals surface area contributed by atoms with E-state index in [0.717, 1.165) is 0 Å². The van der Waals surface area contributed by atoms with Gasteiger partial charge in [-0.3, -0.25) is 4.79 Å². The van der Waals surface area contributed by atoms with Crippen molar-refractivity contribution in [2.24, 2.45) is 0 Å². The molecule has 0 radical (unpaired) electrons. The van der Waals surface area contributed by atoms with Crippen LogP contribution in [-0.2, 0) is 23.7 Å². The number of ether oxygens (including phenoxy) is 4. The van der Waals surface area contributed by atoms with Crippen molar-refractivity contribution in [3.05, 3.63) is 0 Å². The number of carbonyl (C=O) groups excluding carboxylic acids is 1. The molecule has 2 aliphatic rings. The number of aliphatic hydroxyl groups excluding tert-OH is 1. The highest BCUT2D eigenvalue weighted by Crippen LogP contribution is 2.38. The van der Waals surface area contributed by atoms with Crippen LogP contribution in [0.25, 0.3) is 0 Å². The molecule has 1 N–H and O–H groups in total. The van der Waals surface area contributed by atoms with Crippen LogP contribution in [0.2, 0.25) is 0 Å². The van der Waals surface area contributed by atoms with Crippen molar-refractivity contribution in [2.75, 3.05) is 7.11 Å². The summed E-state index contributed by atoms with van der Waals surface area (Å²) in [6, 6.07) is 0. The number of rotatable bonds is 3. The summed E-state index contributed by atoms with van der Waals surface area (Å²) in [5.41, 5.74) is 0. The number of aliphatic hydroxyl groups is 1. The van der Waals surface area contributed by atoms with Gasteiger partial charge in [0.1, 0.15) is 12.2 Å². The summed E-state index contributed by atoms with van der Waals surface area (Å²) in [6.45, 7) is 3.54. The molecule has 0 unspecified atom stereocenters. The van der Waals surface area contributed by atoms with Gasteiger partial charge in [0.25, 0.3) is 0 Å². The minimum Gasteiger partial charge on any atom is -0.469 e. The molecular weight excluding hydrogens is 228 g/mol. The molecule has 0 aromatic carbocycles. The average Bonchev–Trinajstić information content (AvgIpc) is 2.70. The predicted molar refractivity (Wildman–Crippen MR) is 56.0 cm³/mol. The highest BCUT2D eigenvalue weighted by molar-refractivity contribution is 5.69. The van der Waals surface area contributed by atoms with Gasteiger partial charge in [-0.15, -0.1) is 0 Å². The molecule has 2 heterocycles. The smallest absolute Gasteiger partial charge is 0.305 e. The summed E-state index contributed by atoms with van der Waals surface area (Å²) in [5.74, 6) is -1.05. The van der Waals surface area contributed by atoms with Gasteiger partial charge < -0.3 is 24.1 Å². The molecule has 4 atom stereocenters. The monoisotopic (exact) mass is 246 g/mol. The third kappa shape index (κ3) is 2.60. The maximum Gasteiger partial charge on any atom is 0.305 e. The zero-order valence-corrected chi connectivity index (χ0v) is 10.2. The SMILES string of the molecule is COC(=O)CC[C@H]1O[C@@H]2OC(C)(C)O[C@@H]2[C@H]1O. The number of hydrogen-bond donors (Lipinski definition) is 1. The summed E-state index contributed by atoms with van der Waals surface area (Å²) in [7, 11) is 1.33. The van der Waals surface area contributed by atoms with Gasteiger partial charge in [-0.2, -0.15) is 0 Å². The van der Waals surface area contributed by atoms with Gasteiger partial charge in [-0.05, 0) is 20.3 Å². The highest BCUT2D eigenvalue weighted by Gasteiger charge is 2.53. The van der Waals surface area contributed by atoms with Crippen LogP contribution in [0.15, 0.2) is 0 Å². The van der Waals surface area contributed by atoms with E-state index in [2.05, 4.69) is 4.74 Å². The first-order chi connectivity index (χ1) is 7.93. The molecule has 98 valence electrons. The fourth-order valence-corrected chi connectivity index (χ4v) is 2.16. The molecule has 17 heavy (non-hydrogen) atoms. The topological polar surface area (TPSA) is 74.2 Å². The maximum atomic E-state index is 11.0. The summed E-state index contributed by atoms with van der Waals surface area (Å²) in [4.78, 5) is 11.0. The quantitative estimate of drug-likeness (QED) is 0.716. The summed E-state index contributed by atoms with van der Waals surface area (Å²) in [5, 5.41) is 9.99. The van der Waals surface area contributed by atoms with Crippen LogP contribution in [0, 0.1) is 0 Å². The third-order valence-electron chi connectivity index (χ3n) is 2.98. The summed E-state index contributed by atoms with van der Waals surface area (Å²) >= 11 is 0. The molecule has 0 spiro atoms. The zero-order valence-electron chi connectivity index (χ0n) is 10.2. The molecule has 2 rings (SSSR count). The van der Waals surface area contributed by atoms with Crippen LogP contribution in [0.1, 0.15) is 26.7 Å². The van der Waals surface area contributed by atoms with E-state index >= 15 is 0 Å². The number of methoxy groups -OCH3 is 1. The van der Waals surface area contributed by atoms with E-state index in [1.807, 2.05) is 0 Å². The van der Waals surface area contributed by atoms with Crippen molar-refractivity contribution >= 4 is 5.97 Å². The molecule has 0 amide bonds. The second-order valence-electron chi connectivity index (χ2n) is 4.75. The largest absolute Gasteiger partial charge is 0.469 e. The summed E-state index contributed by atoms with van der Waals surface area (Å²) < 4.78 is 21.1. The van der Waals surface area contributed by atoms with E-state index in [9.17, 15) is 9.90 Å². The van der Waals surface area contributed by atoms with E-state index in [-0.39, 0.29) is 12.4 Å². The van der Waals surface area contributed by atoms with Crippen molar-refractivity contribution in [3.63, 3.8) is 0 Å². The van der Waals surface area contributed by atoms with Gasteiger partial charge in [0.05, 0.1) is 13.2 Å². The number of esters is 1. The van der Waals surface area contributed by atoms with Crippen molar-refractivity contribution in [2.45, 2.75) is 57.1 Å². The molecule has 0 saturated carbocycles. The fourth-order valence-electron chi connectivity index (χ4n) is 2.16. The second kappa shape index (κ2) is 4.53. The molecule has 6 nitrogen and oxygen atoms in total. The second-order valence-corrected chi connectivity index (χ2v) is 4.75. The van der Waals surface area contributed by atoms with Gasteiger partial charge in [0, 0.05) is 6.42 Å². The maximum absolute atomic E-state index is 11.0. The standard InChI is InChI=1S/C11H18O6/c1-11(2)16-9-8(13)6(15-10(9)17-11)4-5-7(12)14-3/h6,8-10,13H,4-5H2,1-3H3/t6-,8+,9-,10-/m1/s1. The van der Waals surface area contributed by atoms with Crippen LogP contribution in [-0.4, -0.2) is 48.6 Å². The number of carbonyl (C=O) groups is 1. The Morgan fingerprint density at radius 1 is 1.41 bits per heavy atom. The van der Waals surface area contributed by atoms with Crippen molar-refractivity contribution in [1.29, 1.82) is 0 Å². The van der Waals surface area contributed by atoms with Crippen LogP contribution in [0.4, 0.5) is 0 Å². The van der Waals surface area contributed by atoms with Crippen LogP contribution < -0.4 is 0 Å². The lowest BCUT2D eigenvalue weighted by atomic mass is 10.1. The van der Waals surface area contributed by atoms with Crippen molar-refractivity contribution in [1.82, 2.24) is 0 Å². The third-order valence-corrected chi connectivity index (χ3v) is 2.98. The Bertz CT molecular complexity index is 302. The minimum atomic E-state index is -0.772. The minimum absolute atomic E-state index is 0.209. The zero-order chi connectivity index (χ0) is 12.6. The average molecular weight is 246 g/mol. The fraction of sp³-hybridized carbons (Fsp3) is 0.909. The number of hydrogen-bond acceptors (Lipinski definition) is 6. The molecule has 2 fully saturated rings. The molecular formula is C11H18O6. The predicted octanol–water partition coefficient (Wildman–Crippen LogP) is 0.177. The van der Waals surface area contributed by atoms with Gasteiger partial charge in [-0.25, -0.2) is 0 Å². The molecule has 0 bridgehead atoms. The lowest BCUT2D eigenvalue weighted by Crippen LogP contribution is -2.34. The van der Waals surface area contributed by atoms with Crippen molar-refractivity contribution in [3.8, 4) is 0 Å². The number of fused-ring (bicyclic) bond motifs is 1. The lowest BCUT2D eigenvalue weighted by Gasteiger charge is -2.22. The van der Waals surface area contributed by atoms with Gasteiger partial charge >= 0.3 is 5.97 Å². The Morgan fingerprint density at radius 3 is 2.71 bits per heavy atom. The molecule has 2 saturated heterocycles. The van der Waals surface area contributed by atoms with E-state index in [1.165, 1.54) is 7.11 Å². The molecule has 0 aromatic rings. The first kappa shape index (κ1) is 12.8. The molecule has 0 aromatic heterocycles. The Morgan fingerprint density at radius 2 is 2.12 bits per heavy atom. The molecule has 6 heteroatoms. The first-order valence-electron chi connectivity index (χ1n) is 5.69. The van der Waals surface area contributed by atoms with E-state index in [0.29, 0.717) is 6.42 Å². The Balaban J connectivity index is 1.87. The summed E-state index contributed by atoms with van der Waals surface area (Å²) in [6.07, 6.45) is -1.64. The van der Waals surface area contributed by atoms with Gasteiger partial charge in [0.2, 0.25) is 0 Å². The van der Waals surface area contributed by atoms with Gasteiger partial charge in [0.15, 0.2) is 12.1 Å². The van der Waals surface area contributed by atoms with Gasteiger partial charge in [-0.1, -0.05) is 0 Å². The normalized spacial score (nSPS) is 39.1. The van der Waals surface area contributed by atoms with Crippen LogP contribution in [0.3, 0.4) is 0 Å². The molecule has 0 aliphatic carbocycles. The van der Waals surface area contributed by atoms with Crippen LogP contribution in [0.5, 0.6) is 0 Å². The first-order valence-corrected chi connectivity index (χ1v) is 5.69. The van der Waals surface area contributed by atoms with E-state index in [1.54, 1.807) is 13.8 Å². The Labute approximate surface area is 99.8 Å². The lowest BCUT2D eigenvalue weighted by molar-refractivity contribution is -0.215. The highest BCUT2D eigenvalue weighted by atomic mass is 16.8. The Kier molecular flexibility index (Phi) is 3.40.